The number of hydrogen-bond donors (Lipinski definition) is 0. The summed E-state index contributed by atoms with van der Waals surface area (Å²) in [5.41, 5.74) is -1.46. The summed E-state index contributed by atoms with van der Waals surface area (Å²) in [7, 11) is 0. The molecule has 4 aromatic rings. The second-order valence-corrected chi connectivity index (χ2v) is 5.83. The molecule has 0 unspecified atom stereocenters. The van der Waals surface area contributed by atoms with E-state index in [9.17, 15) is 25.0 Å². The third-order valence-electron chi connectivity index (χ3n) is 4.06. The predicted octanol–water partition coefficient (Wildman–Crippen LogP) is 4.66. The second kappa shape index (κ2) is 6.93. The molecule has 10 nitrogen and oxygen atoms in total. The fourth-order valence-corrected chi connectivity index (χ4v) is 2.75. The highest BCUT2D eigenvalue weighted by Crippen LogP contribution is 2.38. The summed E-state index contributed by atoms with van der Waals surface area (Å²) < 4.78 is 16.6. The zero-order chi connectivity index (χ0) is 20.5. The molecule has 0 spiro atoms. The fourth-order valence-electron chi connectivity index (χ4n) is 2.75. The molecule has 0 aliphatic heterocycles. The Bertz CT molecular complexity index is 1310. The monoisotopic (exact) mass is 394 g/mol. The average molecular weight is 394 g/mol. The van der Waals surface area contributed by atoms with Gasteiger partial charge in [0.05, 0.1) is 27.6 Å². The molecule has 0 saturated carbocycles. The first-order chi connectivity index (χ1) is 14.0. The summed E-state index contributed by atoms with van der Waals surface area (Å²) in [6.45, 7) is 0. The van der Waals surface area contributed by atoms with E-state index >= 15 is 0 Å². The summed E-state index contributed by atoms with van der Waals surface area (Å²) in [5.74, 6) is -0.578. The van der Waals surface area contributed by atoms with Crippen LogP contribution < -0.4 is 10.2 Å². The first-order valence-corrected chi connectivity index (χ1v) is 8.16. The molecule has 0 fully saturated rings. The summed E-state index contributed by atoms with van der Waals surface area (Å²) in [6, 6.07) is 12.4. The first-order valence-electron chi connectivity index (χ1n) is 8.16. The van der Waals surface area contributed by atoms with Crippen molar-refractivity contribution in [3.63, 3.8) is 0 Å². The zero-order valence-electron chi connectivity index (χ0n) is 14.4. The Morgan fingerprint density at radius 2 is 1.72 bits per heavy atom. The maximum atomic E-state index is 13.0. The van der Waals surface area contributed by atoms with Gasteiger partial charge in [-0.3, -0.25) is 25.0 Å². The number of benzene rings is 2. The highest BCUT2D eigenvalue weighted by molar-refractivity contribution is 5.81. The van der Waals surface area contributed by atoms with Crippen molar-refractivity contribution in [2.24, 2.45) is 0 Å². The van der Waals surface area contributed by atoms with Crippen LogP contribution in [0, 0.1) is 20.2 Å². The van der Waals surface area contributed by atoms with Crippen LogP contribution in [0.25, 0.3) is 22.5 Å². The standard InChI is InChI=1S/C19H10N2O8/c22-17-12-4-1-2-5-14(12)28-18(16-6-3-9-27-16)19(17)29-15-8-7-11(20(23)24)10-13(15)21(25)26/h1-10H. The van der Waals surface area contributed by atoms with E-state index in [4.69, 9.17) is 13.6 Å². The van der Waals surface area contributed by atoms with Crippen molar-refractivity contribution in [2.75, 3.05) is 0 Å². The molecule has 0 aliphatic carbocycles. The molecule has 2 aromatic carbocycles. The van der Waals surface area contributed by atoms with Gasteiger partial charge >= 0.3 is 5.69 Å². The van der Waals surface area contributed by atoms with Gasteiger partial charge in [0, 0.05) is 6.07 Å². The third-order valence-corrected chi connectivity index (χ3v) is 4.06. The second-order valence-electron chi connectivity index (χ2n) is 5.83. The molecule has 0 atom stereocenters. The molecule has 2 aromatic heterocycles. The van der Waals surface area contributed by atoms with Crippen molar-refractivity contribution < 1.29 is 23.4 Å². The molecule has 0 bridgehead atoms. The number of ether oxygens (including phenoxy) is 1. The van der Waals surface area contributed by atoms with Crippen LogP contribution in [0.3, 0.4) is 0 Å². The Labute approximate surface area is 160 Å². The Hall–Kier alpha value is -4.47. The molecule has 0 aliphatic rings. The molecule has 10 heteroatoms. The van der Waals surface area contributed by atoms with Gasteiger partial charge in [0.15, 0.2) is 5.76 Å². The Kier molecular flexibility index (Phi) is 4.28. The van der Waals surface area contributed by atoms with Crippen molar-refractivity contribution in [2.45, 2.75) is 0 Å². The fraction of sp³-hybridized carbons (Fsp3) is 0. The Balaban J connectivity index is 1.94. The number of nitro benzene ring substituents is 2. The largest absolute Gasteiger partial charge is 0.461 e. The zero-order valence-corrected chi connectivity index (χ0v) is 14.4. The Morgan fingerprint density at radius 3 is 2.41 bits per heavy atom. The number of para-hydroxylation sites is 1. The molecule has 0 saturated heterocycles. The molecule has 2 heterocycles. The smallest absolute Gasteiger partial charge is 0.318 e. The van der Waals surface area contributed by atoms with Gasteiger partial charge < -0.3 is 13.6 Å². The molecule has 29 heavy (non-hydrogen) atoms. The summed E-state index contributed by atoms with van der Waals surface area (Å²) in [4.78, 5) is 33.7. The highest BCUT2D eigenvalue weighted by atomic mass is 16.6. The first kappa shape index (κ1) is 17.9. The molecule has 0 amide bonds. The minimum absolute atomic E-state index is 0.0636. The van der Waals surface area contributed by atoms with Crippen molar-refractivity contribution in [3.8, 4) is 23.0 Å². The van der Waals surface area contributed by atoms with Crippen LogP contribution in [0.15, 0.2) is 74.5 Å². The van der Waals surface area contributed by atoms with E-state index in [0.29, 0.717) is 0 Å². The van der Waals surface area contributed by atoms with Crippen LogP contribution in [0.2, 0.25) is 0 Å². The van der Waals surface area contributed by atoms with Gasteiger partial charge in [-0.2, -0.15) is 0 Å². The number of furan rings is 1. The Morgan fingerprint density at radius 1 is 0.931 bits per heavy atom. The lowest BCUT2D eigenvalue weighted by Gasteiger charge is -2.10. The van der Waals surface area contributed by atoms with E-state index in [1.165, 1.54) is 18.4 Å². The van der Waals surface area contributed by atoms with Gasteiger partial charge in [-0.05, 0) is 30.3 Å². The summed E-state index contributed by atoms with van der Waals surface area (Å²) >= 11 is 0. The van der Waals surface area contributed by atoms with Gasteiger partial charge in [-0.15, -0.1) is 0 Å². The predicted molar refractivity (Wildman–Crippen MR) is 100 cm³/mol. The van der Waals surface area contributed by atoms with Crippen LogP contribution in [-0.2, 0) is 0 Å². The highest BCUT2D eigenvalue weighted by Gasteiger charge is 2.26. The summed E-state index contributed by atoms with van der Waals surface area (Å²) in [5, 5.41) is 22.5. The van der Waals surface area contributed by atoms with Crippen LogP contribution in [0.4, 0.5) is 11.4 Å². The van der Waals surface area contributed by atoms with Crippen molar-refractivity contribution in [1.29, 1.82) is 0 Å². The molecular weight excluding hydrogens is 384 g/mol. The number of fused-ring (bicyclic) bond motifs is 1. The third kappa shape index (κ3) is 3.18. The molecular formula is C19H10N2O8. The van der Waals surface area contributed by atoms with E-state index in [1.807, 2.05) is 0 Å². The molecule has 0 N–H and O–H groups in total. The van der Waals surface area contributed by atoms with E-state index in [0.717, 1.165) is 18.2 Å². The van der Waals surface area contributed by atoms with Crippen molar-refractivity contribution in [1.82, 2.24) is 0 Å². The van der Waals surface area contributed by atoms with E-state index < -0.39 is 26.7 Å². The summed E-state index contributed by atoms with van der Waals surface area (Å²) in [6.07, 6.45) is 1.36. The quantitative estimate of drug-likeness (QED) is 0.352. The lowest BCUT2D eigenvalue weighted by atomic mass is 10.2. The minimum Gasteiger partial charge on any atom is -0.461 e. The van der Waals surface area contributed by atoms with Gasteiger partial charge in [0.1, 0.15) is 5.58 Å². The van der Waals surface area contributed by atoms with Gasteiger partial charge in [0.2, 0.25) is 22.7 Å². The van der Waals surface area contributed by atoms with Crippen LogP contribution >= 0.6 is 0 Å². The van der Waals surface area contributed by atoms with Gasteiger partial charge in [-0.25, -0.2) is 0 Å². The average Bonchev–Trinajstić information content (AvgIpc) is 3.24. The van der Waals surface area contributed by atoms with Crippen LogP contribution in [0.5, 0.6) is 11.5 Å². The maximum Gasteiger partial charge on any atom is 0.318 e. The van der Waals surface area contributed by atoms with Crippen LogP contribution in [0.1, 0.15) is 0 Å². The minimum atomic E-state index is -0.836. The lowest BCUT2D eigenvalue weighted by Crippen LogP contribution is -2.08. The maximum absolute atomic E-state index is 13.0. The lowest BCUT2D eigenvalue weighted by molar-refractivity contribution is -0.394. The number of rotatable bonds is 5. The SMILES string of the molecule is O=c1c(Oc2ccc([N+](=O)[O-])cc2[N+](=O)[O-])c(-c2ccco2)oc2ccccc12. The van der Waals surface area contributed by atoms with Gasteiger partial charge in [0.25, 0.3) is 5.69 Å². The van der Waals surface area contributed by atoms with Crippen LogP contribution in [-0.4, -0.2) is 9.85 Å². The van der Waals surface area contributed by atoms with Crippen molar-refractivity contribution in [3.05, 3.63) is 91.3 Å². The number of nitro groups is 2. The number of nitrogens with zero attached hydrogens (tertiary/aromatic N) is 2. The topological polar surface area (TPSA) is 139 Å². The van der Waals surface area contributed by atoms with Crippen molar-refractivity contribution >= 4 is 22.3 Å². The van der Waals surface area contributed by atoms with E-state index in [1.54, 1.807) is 24.3 Å². The molecule has 4 rings (SSSR count). The normalized spacial score (nSPS) is 10.8. The number of non-ortho nitro benzene ring substituents is 1. The molecule has 0 radical (unpaired) electrons. The van der Waals surface area contributed by atoms with E-state index in [-0.39, 0.29) is 34.0 Å². The van der Waals surface area contributed by atoms with Gasteiger partial charge in [-0.1, -0.05) is 12.1 Å². The number of hydrogen-bond acceptors (Lipinski definition) is 8. The molecule has 144 valence electrons. The van der Waals surface area contributed by atoms with E-state index in [2.05, 4.69) is 0 Å².